The van der Waals surface area contributed by atoms with Crippen LogP contribution in [0.15, 0.2) is 46.3 Å². The first-order valence-electron chi connectivity index (χ1n) is 12.8. The monoisotopic (exact) mass is 520 g/mol. The van der Waals surface area contributed by atoms with Crippen molar-refractivity contribution in [2.24, 2.45) is 4.99 Å². The van der Waals surface area contributed by atoms with E-state index in [2.05, 4.69) is 61.9 Å². The highest BCUT2D eigenvalue weighted by atomic mass is 32.2. The minimum atomic E-state index is -0.0558. The average molecular weight is 521 g/mol. The fourth-order valence-electron chi connectivity index (χ4n) is 5.36. The molecule has 3 aliphatic rings. The Hall–Kier alpha value is -2.97. The van der Waals surface area contributed by atoms with Gasteiger partial charge in [0.05, 0.1) is 30.9 Å². The van der Waals surface area contributed by atoms with Gasteiger partial charge in [0.2, 0.25) is 0 Å². The fraction of sp³-hybridized carbons (Fsp3) is 0.448. The van der Waals surface area contributed by atoms with E-state index in [1.165, 1.54) is 28.7 Å². The van der Waals surface area contributed by atoms with Crippen LogP contribution in [0.25, 0.3) is 6.08 Å². The Morgan fingerprint density at radius 1 is 1.14 bits per heavy atom. The number of likely N-dealkylation sites (N-methyl/N-ethyl adjacent to an activating group) is 1. The topological polar surface area (TPSA) is 57.6 Å². The first-order valence-corrected chi connectivity index (χ1v) is 13.6. The molecule has 7 nitrogen and oxygen atoms in total. The summed E-state index contributed by atoms with van der Waals surface area (Å²) in [6.07, 6.45) is 3.01. The Labute approximate surface area is 224 Å². The van der Waals surface area contributed by atoms with E-state index in [0.717, 1.165) is 49.7 Å². The number of carbonyl (C=O) groups is 1. The van der Waals surface area contributed by atoms with E-state index in [1.54, 1.807) is 19.1 Å². The largest absolute Gasteiger partial charge is 0.496 e. The van der Waals surface area contributed by atoms with Gasteiger partial charge in [0, 0.05) is 55.7 Å². The van der Waals surface area contributed by atoms with E-state index in [9.17, 15) is 4.79 Å². The van der Waals surface area contributed by atoms with Crippen LogP contribution in [0.5, 0.6) is 5.75 Å². The highest BCUT2D eigenvalue weighted by Gasteiger charge is 2.35. The van der Waals surface area contributed by atoms with Crippen molar-refractivity contribution in [1.82, 2.24) is 4.90 Å². The molecule has 2 aromatic rings. The number of methoxy groups -OCH3 is 1. The van der Waals surface area contributed by atoms with E-state index < -0.39 is 0 Å². The Kier molecular flexibility index (Phi) is 6.98. The quantitative estimate of drug-likeness (QED) is 0.497. The van der Waals surface area contributed by atoms with Gasteiger partial charge in [-0.05, 0) is 79.9 Å². The van der Waals surface area contributed by atoms with Crippen LogP contribution in [0.3, 0.4) is 0 Å². The summed E-state index contributed by atoms with van der Waals surface area (Å²) in [5.41, 5.74) is 5.45. The summed E-state index contributed by atoms with van der Waals surface area (Å²) >= 11 is 1.40. The zero-order valence-corrected chi connectivity index (χ0v) is 23.4. The highest BCUT2D eigenvalue weighted by molar-refractivity contribution is 8.18. The van der Waals surface area contributed by atoms with Gasteiger partial charge in [0.25, 0.3) is 5.91 Å². The van der Waals surface area contributed by atoms with E-state index in [0.29, 0.717) is 16.0 Å². The van der Waals surface area contributed by atoms with Crippen molar-refractivity contribution in [3.05, 3.63) is 52.4 Å². The standard InChI is InChI=1S/C29H36N4O3S/c1-19-18-29(2,3)32(5)24-17-25(35-6)20(15-23(19)24)16-26-27(34)31(4)28(37-26)30-21-7-9-22(10-8-21)33-11-13-36-14-12-33/h7-10,15-17,19H,11-14,18H2,1-6H3/b26-16+,30-28?. The second-order valence-electron chi connectivity index (χ2n) is 10.6. The predicted octanol–water partition coefficient (Wildman–Crippen LogP) is 5.49. The lowest BCUT2D eigenvalue weighted by atomic mass is 9.80. The molecule has 0 spiro atoms. The maximum Gasteiger partial charge on any atom is 0.266 e. The number of hydrogen-bond donors (Lipinski definition) is 0. The van der Waals surface area contributed by atoms with Crippen LogP contribution in [0, 0.1) is 0 Å². The molecule has 2 aromatic carbocycles. The van der Waals surface area contributed by atoms with Gasteiger partial charge >= 0.3 is 0 Å². The van der Waals surface area contributed by atoms with E-state index in [4.69, 9.17) is 14.5 Å². The molecular formula is C29H36N4O3S. The van der Waals surface area contributed by atoms with Gasteiger partial charge in [-0.3, -0.25) is 9.69 Å². The SMILES string of the molecule is COc1cc2c(cc1/C=C1/SC(=Nc3ccc(N4CCOCC4)cc3)N(C)C1=O)C(C)CC(C)(C)N2C. The number of thioether (sulfide) groups is 1. The fourth-order valence-corrected chi connectivity index (χ4v) is 6.34. The zero-order valence-electron chi connectivity index (χ0n) is 22.6. The maximum atomic E-state index is 13.1. The number of fused-ring (bicyclic) bond motifs is 1. The van der Waals surface area contributed by atoms with Crippen molar-refractivity contribution in [1.29, 1.82) is 0 Å². The van der Waals surface area contributed by atoms with Crippen molar-refractivity contribution in [3.63, 3.8) is 0 Å². The third kappa shape index (κ3) is 4.97. The Bertz CT molecular complexity index is 1250. The molecule has 196 valence electrons. The molecule has 0 bridgehead atoms. The number of morpholine rings is 1. The van der Waals surface area contributed by atoms with Crippen LogP contribution < -0.4 is 14.5 Å². The maximum absolute atomic E-state index is 13.1. The smallest absolute Gasteiger partial charge is 0.266 e. The van der Waals surface area contributed by atoms with Crippen molar-refractivity contribution >= 4 is 46.0 Å². The van der Waals surface area contributed by atoms with Crippen molar-refractivity contribution in [2.75, 3.05) is 57.3 Å². The summed E-state index contributed by atoms with van der Waals surface area (Å²) in [4.78, 5) is 24.8. The molecule has 3 heterocycles. The third-order valence-electron chi connectivity index (χ3n) is 7.73. The lowest BCUT2D eigenvalue weighted by Crippen LogP contribution is -2.45. The molecule has 5 rings (SSSR count). The number of hydrogen-bond acceptors (Lipinski definition) is 7. The summed E-state index contributed by atoms with van der Waals surface area (Å²) in [5.74, 6) is 1.12. The van der Waals surface area contributed by atoms with Gasteiger partial charge in [-0.15, -0.1) is 0 Å². The molecule has 8 heteroatoms. The Morgan fingerprint density at radius 3 is 2.51 bits per heavy atom. The van der Waals surface area contributed by atoms with Crippen LogP contribution in [-0.4, -0.2) is 69.0 Å². The van der Waals surface area contributed by atoms with Gasteiger partial charge in [-0.25, -0.2) is 4.99 Å². The lowest BCUT2D eigenvalue weighted by Gasteiger charge is -2.45. The first-order chi connectivity index (χ1) is 17.7. The van der Waals surface area contributed by atoms with Crippen LogP contribution in [0.4, 0.5) is 17.1 Å². The molecule has 2 saturated heterocycles. The number of amides is 1. The molecule has 0 aliphatic carbocycles. The van der Waals surface area contributed by atoms with Gasteiger partial charge < -0.3 is 19.3 Å². The van der Waals surface area contributed by atoms with E-state index in [1.807, 2.05) is 18.2 Å². The zero-order chi connectivity index (χ0) is 26.3. The normalized spacial score (nSPS) is 23.7. The highest BCUT2D eigenvalue weighted by Crippen LogP contribution is 2.46. The molecule has 0 aromatic heterocycles. The van der Waals surface area contributed by atoms with E-state index >= 15 is 0 Å². The summed E-state index contributed by atoms with van der Waals surface area (Å²) in [6, 6.07) is 12.5. The van der Waals surface area contributed by atoms with Gasteiger partial charge in [-0.1, -0.05) is 6.92 Å². The number of ether oxygens (including phenoxy) is 2. The molecule has 0 N–H and O–H groups in total. The average Bonchev–Trinajstić information content (AvgIpc) is 3.15. The number of aliphatic imine (C=N–C) groups is 1. The van der Waals surface area contributed by atoms with E-state index in [-0.39, 0.29) is 11.4 Å². The summed E-state index contributed by atoms with van der Waals surface area (Å²) < 4.78 is 11.2. The molecule has 37 heavy (non-hydrogen) atoms. The number of benzene rings is 2. The number of anilines is 2. The molecule has 1 unspecified atom stereocenters. The van der Waals surface area contributed by atoms with Crippen molar-refractivity contribution in [2.45, 2.75) is 38.6 Å². The second-order valence-corrected chi connectivity index (χ2v) is 11.6. The molecule has 0 saturated carbocycles. The number of amidine groups is 1. The molecular weight excluding hydrogens is 484 g/mol. The molecule has 3 aliphatic heterocycles. The van der Waals surface area contributed by atoms with Crippen LogP contribution >= 0.6 is 11.8 Å². The van der Waals surface area contributed by atoms with Gasteiger partial charge in [0.15, 0.2) is 5.17 Å². The minimum absolute atomic E-state index is 0.0558. The third-order valence-corrected chi connectivity index (χ3v) is 8.79. The molecule has 1 atom stereocenters. The number of carbonyl (C=O) groups excluding carboxylic acids is 1. The second kappa shape index (κ2) is 10.1. The Balaban J connectivity index is 1.41. The van der Waals surface area contributed by atoms with Crippen LogP contribution in [0.2, 0.25) is 0 Å². The first kappa shape index (κ1) is 25.7. The molecule has 2 fully saturated rings. The van der Waals surface area contributed by atoms with Crippen LogP contribution in [0.1, 0.15) is 44.2 Å². The summed E-state index contributed by atoms with van der Waals surface area (Å²) in [7, 11) is 5.61. The van der Waals surface area contributed by atoms with Gasteiger partial charge in [-0.2, -0.15) is 0 Å². The minimum Gasteiger partial charge on any atom is -0.496 e. The van der Waals surface area contributed by atoms with Crippen LogP contribution in [-0.2, 0) is 9.53 Å². The lowest BCUT2D eigenvalue weighted by molar-refractivity contribution is -0.121. The Morgan fingerprint density at radius 2 is 1.84 bits per heavy atom. The predicted molar refractivity (Wildman–Crippen MR) is 153 cm³/mol. The van der Waals surface area contributed by atoms with Gasteiger partial charge in [0.1, 0.15) is 5.75 Å². The number of rotatable bonds is 4. The molecule has 1 amide bonds. The van der Waals surface area contributed by atoms with Crippen molar-refractivity contribution in [3.8, 4) is 5.75 Å². The summed E-state index contributed by atoms with van der Waals surface area (Å²) in [6.45, 7) is 10.1. The number of nitrogens with zero attached hydrogens (tertiary/aromatic N) is 4. The molecule has 0 radical (unpaired) electrons. The van der Waals surface area contributed by atoms with Crippen molar-refractivity contribution < 1.29 is 14.3 Å². The summed E-state index contributed by atoms with van der Waals surface area (Å²) in [5, 5.41) is 0.669.